The second kappa shape index (κ2) is 12.9. The fourth-order valence-electron chi connectivity index (χ4n) is 4.47. The Balaban J connectivity index is 1.90. The topological polar surface area (TPSA) is 150 Å². The zero-order valence-electron chi connectivity index (χ0n) is 21.7. The van der Waals surface area contributed by atoms with Gasteiger partial charge in [0, 0.05) is 48.1 Å². The van der Waals surface area contributed by atoms with E-state index < -0.39 is 34.8 Å². The molecule has 0 saturated heterocycles. The van der Waals surface area contributed by atoms with Crippen molar-refractivity contribution in [3.05, 3.63) is 81.0 Å². The minimum absolute atomic E-state index is 0.0861. The van der Waals surface area contributed by atoms with Gasteiger partial charge in [-0.15, -0.1) is 0 Å². The van der Waals surface area contributed by atoms with Crippen molar-refractivity contribution in [3.8, 4) is 5.75 Å². The zero-order valence-corrected chi connectivity index (χ0v) is 21.7. The van der Waals surface area contributed by atoms with E-state index >= 15 is 0 Å². The summed E-state index contributed by atoms with van der Waals surface area (Å²) in [5.74, 6) is -3.13. The highest BCUT2D eigenvalue weighted by Crippen LogP contribution is 2.44. The third-order valence-electron chi connectivity index (χ3n) is 6.29. The summed E-state index contributed by atoms with van der Waals surface area (Å²) >= 11 is 0. The van der Waals surface area contributed by atoms with Gasteiger partial charge in [0.25, 0.3) is 5.69 Å². The van der Waals surface area contributed by atoms with Crippen molar-refractivity contribution in [3.63, 3.8) is 0 Å². The molecule has 1 aliphatic rings. The molecule has 3 rings (SSSR count). The van der Waals surface area contributed by atoms with Crippen LogP contribution in [0.15, 0.2) is 64.8 Å². The van der Waals surface area contributed by atoms with Gasteiger partial charge in [-0.2, -0.15) is 0 Å². The second-order valence-corrected chi connectivity index (χ2v) is 8.68. The summed E-state index contributed by atoms with van der Waals surface area (Å²) in [6, 6.07) is 13.2. The highest BCUT2D eigenvalue weighted by Gasteiger charge is 2.43. The molecular weight excluding hydrogens is 494 g/mol. The van der Waals surface area contributed by atoms with Crippen molar-refractivity contribution in [2.75, 3.05) is 33.9 Å². The van der Waals surface area contributed by atoms with Crippen molar-refractivity contribution in [2.24, 2.45) is 10.9 Å². The van der Waals surface area contributed by atoms with Crippen LogP contribution >= 0.6 is 0 Å². The molecule has 0 radical (unpaired) electrons. The number of carbonyl (C=O) groups excluding carboxylic acids is 2. The number of carbonyl (C=O) groups is 2. The van der Waals surface area contributed by atoms with Crippen molar-refractivity contribution >= 4 is 23.3 Å². The van der Waals surface area contributed by atoms with Gasteiger partial charge in [-0.25, -0.2) is 4.79 Å². The Morgan fingerprint density at radius 1 is 1.13 bits per heavy atom. The number of nitrogens with zero attached hydrogens (tertiary/aromatic N) is 2. The summed E-state index contributed by atoms with van der Waals surface area (Å²) < 4.78 is 15.9. The van der Waals surface area contributed by atoms with E-state index in [1.165, 1.54) is 32.4 Å². The van der Waals surface area contributed by atoms with Gasteiger partial charge in [-0.1, -0.05) is 30.3 Å². The summed E-state index contributed by atoms with van der Waals surface area (Å²) in [7, 11) is 2.43. The summed E-state index contributed by atoms with van der Waals surface area (Å²) in [6.07, 6.45) is -0.702. The SMILES string of the molecule is COC(=O)C1=C(C)N=C(C)C(C(=O)OC)C1c1cc([N+](=O)[O-])ccc1OCCNCC(O)c1ccccc1. The molecule has 0 bridgehead atoms. The number of aliphatic hydroxyl groups excluding tert-OH is 1. The molecule has 11 heteroatoms. The lowest BCUT2D eigenvalue weighted by molar-refractivity contribution is -0.385. The van der Waals surface area contributed by atoms with Gasteiger partial charge < -0.3 is 24.6 Å². The number of nitro groups is 1. The largest absolute Gasteiger partial charge is 0.492 e. The summed E-state index contributed by atoms with van der Waals surface area (Å²) in [5, 5.41) is 25.0. The number of allylic oxidation sites excluding steroid dienone is 1. The fourth-order valence-corrected chi connectivity index (χ4v) is 4.47. The molecule has 202 valence electrons. The number of esters is 2. The number of non-ortho nitro benzene ring substituents is 1. The van der Waals surface area contributed by atoms with Crippen LogP contribution in [-0.4, -0.2) is 61.6 Å². The lowest BCUT2D eigenvalue weighted by atomic mass is 9.75. The number of aliphatic hydroxyl groups is 1. The number of nitrogens with one attached hydrogen (secondary N) is 1. The monoisotopic (exact) mass is 525 g/mol. The normalized spacial score (nSPS) is 17.9. The molecule has 0 aromatic heterocycles. The van der Waals surface area contributed by atoms with Crippen molar-refractivity contribution < 1.29 is 33.8 Å². The Morgan fingerprint density at radius 3 is 2.47 bits per heavy atom. The maximum atomic E-state index is 12.8. The number of methoxy groups -OCH3 is 2. The average molecular weight is 526 g/mol. The molecule has 0 aliphatic carbocycles. The molecule has 0 amide bonds. The third-order valence-corrected chi connectivity index (χ3v) is 6.29. The van der Waals surface area contributed by atoms with Crippen LogP contribution in [0.25, 0.3) is 0 Å². The van der Waals surface area contributed by atoms with Gasteiger partial charge >= 0.3 is 11.9 Å². The smallest absolute Gasteiger partial charge is 0.336 e. The first-order valence-corrected chi connectivity index (χ1v) is 12.0. The summed E-state index contributed by atoms with van der Waals surface area (Å²) in [6.45, 7) is 4.02. The molecule has 0 fully saturated rings. The highest BCUT2D eigenvalue weighted by atomic mass is 16.6. The van der Waals surface area contributed by atoms with Crippen molar-refractivity contribution in [1.29, 1.82) is 0 Å². The molecule has 1 aliphatic heterocycles. The van der Waals surface area contributed by atoms with Crippen LogP contribution in [-0.2, 0) is 19.1 Å². The third kappa shape index (κ3) is 6.42. The van der Waals surface area contributed by atoms with E-state index in [9.17, 15) is 24.8 Å². The van der Waals surface area contributed by atoms with E-state index in [4.69, 9.17) is 14.2 Å². The molecule has 0 spiro atoms. The molecule has 3 unspecified atom stereocenters. The average Bonchev–Trinajstić information content (AvgIpc) is 2.92. The Bertz CT molecular complexity index is 1240. The van der Waals surface area contributed by atoms with Gasteiger partial charge in [0.2, 0.25) is 0 Å². The van der Waals surface area contributed by atoms with Crippen LogP contribution < -0.4 is 10.1 Å². The van der Waals surface area contributed by atoms with E-state index in [1.54, 1.807) is 13.8 Å². The van der Waals surface area contributed by atoms with Crippen LogP contribution in [0.5, 0.6) is 5.75 Å². The molecule has 2 aromatic rings. The van der Waals surface area contributed by atoms with Gasteiger partial charge in [0.1, 0.15) is 18.3 Å². The molecule has 2 aromatic carbocycles. The molecule has 11 nitrogen and oxygen atoms in total. The lowest BCUT2D eigenvalue weighted by Gasteiger charge is -2.31. The first-order valence-electron chi connectivity index (χ1n) is 12.0. The van der Waals surface area contributed by atoms with Gasteiger partial charge in [-0.3, -0.25) is 19.9 Å². The zero-order chi connectivity index (χ0) is 27.8. The van der Waals surface area contributed by atoms with Crippen LogP contribution in [0, 0.1) is 16.0 Å². The number of nitro benzene ring substituents is 1. The van der Waals surface area contributed by atoms with Crippen LogP contribution in [0.4, 0.5) is 5.69 Å². The number of benzene rings is 2. The van der Waals surface area contributed by atoms with E-state index in [0.29, 0.717) is 18.0 Å². The number of hydrogen-bond donors (Lipinski definition) is 2. The first kappa shape index (κ1) is 28.5. The molecule has 3 atom stereocenters. The van der Waals surface area contributed by atoms with Gasteiger partial charge in [-0.05, 0) is 25.5 Å². The van der Waals surface area contributed by atoms with E-state index in [0.717, 1.165) is 5.56 Å². The molecule has 2 N–H and O–H groups in total. The van der Waals surface area contributed by atoms with Crippen molar-refractivity contribution in [2.45, 2.75) is 25.9 Å². The Labute approximate surface area is 220 Å². The molecule has 1 heterocycles. The Morgan fingerprint density at radius 2 is 1.84 bits per heavy atom. The van der Waals surface area contributed by atoms with E-state index in [-0.39, 0.29) is 35.7 Å². The minimum atomic E-state index is -1.03. The van der Waals surface area contributed by atoms with Crippen LogP contribution in [0.3, 0.4) is 0 Å². The van der Waals surface area contributed by atoms with Crippen LogP contribution in [0.2, 0.25) is 0 Å². The molecule has 38 heavy (non-hydrogen) atoms. The first-order chi connectivity index (χ1) is 18.2. The number of hydrogen-bond acceptors (Lipinski definition) is 10. The molecule has 0 saturated carbocycles. The van der Waals surface area contributed by atoms with Gasteiger partial charge in [0.15, 0.2) is 0 Å². The lowest BCUT2D eigenvalue weighted by Crippen LogP contribution is -2.36. The highest BCUT2D eigenvalue weighted by molar-refractivity contribution is 6.07. The summed E-state index contributed by atoms with van der Waals surface area (Å²) in [4.78, 5) is 41.1. The standard InChI is InChI=1S/C27H31N3O8/c1-16-23(26(32)36-3)25(24(17(2)29-16)27(33)37-4)20-14-19(30(34)35)10-11-22(20)38-13-12-28-15-21(31)18-8-6-5-7-9-18/h5-11,14,21,23,25,28,31H,12-13,15H2,1-4H3. The minimum Gasteiger partial charge on any atom is -0.492 e. The van der Waals surface area contributed by atoms with Crippen LogP contribution in [0.1, 0.15) is 37.0 Å². The Kier molecular flexibility index (Phi) is 9.69. The number of ether oxygens (including phenoxy) is 3. The van der Waals surface area contributed by atoms with E-state index in [1.807, 2.05) is 30.3 Å². The second-order valence-electron chi connectivity index (χ2n) is 8.68. The maximum absolute atomic E-state index is 12.8. The fraction of sp³-hybridized carbons (Fsp3) is 0.370. The van der Waals surface area contributed by atoms with E-state index in [2.05, 4.69) is 10.3 Å². The quantitative estimate of drug-likeness (QED) is 0.195. The predicted molar refractivity (Wildman–Crippen MR) is 139 cm³/mol. The summed E-state index contributed by atoms with van der Waals surface area (Å²) in [5.41, 5.74) is 1.60. The van der Waals surface area contributed by atoms with Gasteiger partial charge in [0.05, 0.1) is 30.8 Å². The predicted octanol–water partition coefficient (Wildman–Crippen LogP) is 3.09. The number of rotatable bonds is 11. The maximum Gasteiger partial charge on any atom is 0.336 e. The Hall–Kier alpha value is -4.09. The number of aliphatic imine (C=N–C) groups is 1. The van der Waals surface area contributed by atoms with Crippen molar-refractivity contribution in [1.82, 2.24) is 5.32 Å². The molecular formula is C27H31N3O8.